The lowest BCUT2D eigenvalue weighted by Gasteiger charge is -2.09. The Morgan fingerprint density at radius 1 is 1.50 bits per heavy atom. The van der Waals surface area contributed by atoms with E-state index in [0.717, 1.165) is 23.0 Å². The molecule has 26 heavy (non-hydrogen) atoms. The maximum absolute atomic E-state index is 11.0. The predicted molar refractivity (Wildman–Crippen MR) is 107 cm³/mol. The van der Waals surface area contributed by atoms with Crippen molar-refractivity contribution in [1.29, 1.82) is 0 Å². The van der Waals surface area contributed by atoms with E-state index in [1.54, 1.807) is 12.3 Å². The van der Waals surface area contributed by atoms with E-state index >= 15 is 0 Å². The van der Waals surface area contributed by atoms with Gasteiger partial charge in [-0.05, 0) is 43.9 Å². The first-order valence-corrected chi connectivity index (χ1v) is 9.81. The molecule has 3 rings (SSSR count). The number of ether oxygens (including phenoxy) is 1. The van der Waals surface area contributed by atoms with Crippen LogP contribution in [0.2, 0.25) is 5.02 Å². The summed E-state index contributed by atoms with van der Waals surface area (Å²) in [5.74, 6) is 1.39. The van der Waals surface area contributed by atoms with Gasteiger partial charge in [0.1, 0.15) is 5.75 Å². The van der Waals surface area contributed by atoms with Gasteiger partial charge in [0.05, 0.1) is 15.6 Å². The average Bonchev–Trinajstić information content (AvgIpc) is 3.30. The summed E-state index contributed by atoms with van der Waals surface area (Å²) in [5.41, 5.74) is 0.931. The Morgan fingerprint density at radius 2 is 2.31 bits per heavy atom. The molecule has 2 aromatic rings. The van der Waals surface area contributed by atoms with E-state index in [-0.39, 0.29) is 11.9 Å². The Morgan fingerprint density at radius 3 is 3.00 bits per heavy atom. The fourth-order valence-corrected chi connectivity index (χ4v) is 3.32. The van der Waals surface area contributed by atoms with Crippen molar-refractivity contribution in [1.82, 2.24) is 10.3 Å². The lowest BCUT2D eigenvalue weighted by atomic mass is 10.3. The molecule has 1 saturated carbocycles. The van der Waals surface area contributed by atoms with Crippen molar-refractivity contribution in [2.24, 2.45) is 5.92 Å². The molecule has 1 fully saturated rings. The van der Waals surface area contributed by atoms with Gasteiger partial charge in [0.15, 0.2) is 0 Å². The van der Waals surface area contributed by atoms with Gasteiger partial charge in [-0.3, -0.25) is 4.79 Å². The van der Waals surface area contributed by atoms with Gasteiger partial charge < -0.3 is 15.4 Å². The molecule has 2 N–H and O–H groups in total. The fraction of sp³-hybridized carbons (Fsp3) is 0.368. The topological polar surface area (TPSA) is 63.2 Å². The van der Waals surface area contributed by atoms with Crippen LogP contribution >= 0.6 is 22.9 Å². The van der Waals surface area contributed by atoms with Gasteiger partial charge in [-0.1, -0.05) is 29.0 Å². The van der Waals surface area contributed by atoms with E-state index < -0.39 is 0 Å². The van der Waals surface area contributed by atoms with Crippen LogP contribution in [-0.4, -0.2) is 23.5 Å². The molecule has 5 nitrogen and oxygen atoms in total. The van der Waals surface area contributed by atoms with Crippen LogP contribution in [0.3, 0.4) is 0 Å². The van der Waals surface area contributed by atoms with Gasteiger partial charge in [-0.2, -0.15) is 0 Å². The summed E-state index contributed by atoms with van der Waals surface area (Å²) < 4.78 is 5.80. The number of thiazole rings is 1. The minimum absolute atomic E-state index is 0.0338. The Hall–Kier alpha value is -2.05. The van der Waals surface area contributed by atoms with Crippen molar-refractivity contribution in [2.75, 3.05) is 11.9 Å². The number of rotatable bonds is 8. The zero-order chi connectivity index (χ0) is 18.5. The first-order valence-electron chi connectivity index (χ1n) is 8.62. The van der Waals surface area contributed by atoms with E-state index in [1.807, 2.05) is 31.2 Å². The Bertz CT molecular complexity index is 802. The van der Waals surface area contributed by atoms with Crippen molar-refractivity contribution in [3.8, 4) is 10.9 Å². The van der Waals surface area contributed by atoms with Gasteiger partial charge in [-0.25, -0.2) is 4.98 Å². The van der Waals surface area contributed by atoms with Crippen molar-refractivity contribution < 1.29 is 9.53 Å². The molecule has 7 heteroatoms. The highest BCUT2D eigenvalue weighted by molar-refractivity contribution is 7.14. The number of hydrogen-bond acceptors (Lipinski definition) is 5. The molecular formula is C19H22ClN3O2S. The summed E-state index contributed by atoms with van der Waals surface area (Å²) in [6, 6.07) is 5.58. The lowest BCUT2D eigenvalue weighted by Crippen LogP contribution is -2.28. The molecule has 0 radical (unpaired) electrons. The van der Waals surface area contributed by atoms with Gasteiger partial charge in [0, 0.05) is 31.8 Å². The molecular weight excluding hydrogens is 370 g/mol. The summed E-state index contributed by atoms with van der Waals surface area (Å²) in [6.07, 6.45) is 8.18. The number of amides is 1. The van der Waals surface area contributed by atoms with Crippen LogP contribution in [0.5, 0.6) is 10.9 Å². The molecule has 0 unspecified atom stereocenters. The van der Waals surface area contributed by atoms with Crippen LogP contribution in [0.4, 0.5) is 5.69 Å². The highest BCUT2D eigenvalue weighted by atomic mass is 35.5. The fourth-order valence-electron chi connectivity index (χ4n) is 2.38. The van der Waals surface area contributed by atoms with Crippen molar-refractivity contribution in [2.45, 2.75) is 32.7 Å². The number of nitrogens with zero attached hydrogens (tertiary/aromatic N) is 1. The average molecular weight is 392 g/mol. The van der Waals surface area contributed by atoms with Crippen molar-refractivity contribution in [3.63, 3.8) is 0 Å². The summed E-state index contributed by atoms with van der Waals surface area (Å²) in [4.78, 5) is 16.2. The summed E-state index contributed by atoms with van der Waals surface area (Å²) >= 11 is 7.76. The third-order valence-electron chi connectivity index (χ3n) is 3.91. The van der Waals surface area contributed by atoms with Gasteiger partial charge in [-0.15, -0.1) is 0 Å². The van der Waals surface area contributed by atoms with Gasteiger partial charge in [0.2, 0.25) is 5.91 Å². The molecule has 1 atom stereocenters. The lowest BCUT2D eigenvalue weighted by molar-refractivity contribution is -0.119. The molecule has 138 valence electrons. The Labute approximate surface area is 162 Å². The van der Waals surface area contributed by atoms with E-state index in [2.05, 4.69) is 15.6 Å². The van der Waals surface area contributed by atoms with Crippen LogP contribution < -0.4 is 15.4 Å². The molecule has 1 amide bonds. The van der Waals surface area contributed by atoms with E-state index in [9.17, 15) is 4.79 Å². The van der Waals surface area contributed by atoms with E-state index in [0.29, 0.717) is 16.0 Å². The number of hydrogen-bond donors (Lipinski definition) is 2. The normalized spacial score (nSPS) is 15.0. The highest BCUT2D eigenvalue weighted by Crippen LogP contribution is 2.34. The van der Waals surface area contributed by atoms with Crippen LogP contribution in [0.15, 0.2) is 30.5 Å². The van der Waals surface area contributed by atoms with Crippen LogP contribution in [0.1, 0.15) is 31.6 Å². The molecule has 0 saturated heterocycles. The van der Waals surface area contributed by atoms with Crippen LogP contribution in [0, 0.1) is 5.92 Å². The molecule has 0 bridgehead atoms. The summed E-state index contributed by atoms with van der Waals surface area (Å²) in [7, 11) is 0. The minimum Gasteiger partial charge on any atom is -0.431 e. The molecule has 1 aliphatic carbocycles. The summed E-state index contributed by atoms with van der Waals surface area (Å²) in [6.45, 7) is 4.39. The second-order valence-corrected chi connectivity index (χ2v) is 7.88. The number of nitrogens with one attached hydrogen (secondary N) is 2. The zero-order valence-electron chi connectivity index (χ0n) is 14.8. The number of benzene rings is 1. The van der Waals surface area contributed by atoms with Crippen LogP contribution in [-0.2, 0) is 4.79 Å². The quantitative estimate of drug-likeness (QED) is 0.668. The number of anilines is 1. The maximum Gasteiger partial charge on any atom is 0.279 e. The molecule has 1 aromatic heterocycles. The molecule has 1 aliphatic rings. The molecule has 0 spiro atoms. The smallest absolute Gasteiger partial charge is 0.279 e. The second-order valence-electron chi connectivity index (χ2n) is 6.44. The third-order valence-corrected chi connectivity index (χ3v) is 5.06. The predicted octanol–water partition coefficient (Wildman–Crippen LogP) is 4.95. The third kappa shape index (κ3) is 5.75. The first kappa shape index (κ1) is 18.7. The Kier molecular flexibility index (Phi) is 6.16. The van der Waals surface area contributed by atoms with Crippen LogP contribution in [0.25, 0.3) is 6.08 Å². The first-order chi connectivity index (χ1) is 12.5. The molecule has 1 heterocycles. The number of aromatic nitrogens is 1. The van der Waals surface area contributed by atoms with E-state index in [1.165, 1.54) is 31.1 Å². The standard InChI is InChI=1S/C19H22ClN3O2S/c1-12(23-13(2)24)3-7-16-11-22-19(26-16)25-15-6-8-18(17(20)9-15)21-10-14-4-5-14/h3,6-9,11-12,14,21H,4-5,10H2,1-2H3,(H,23,24)/b7-3+/t12-/m0/s1. The molecule has 0 aliphatic heterocycles. The van der Waals surface area contributed by atoms with E-state index in [4.69, 9.17) is 16.3 Å². The second kappa shape index (κ2) is 8.56. The number of carbonyl (C=O) groups excluding carboxylic acids is 1. The monoisotopic (exact) mass is 391 g/mol. The number of carbonyl (C=O) groups is 1. The van der Waals surface area contributed by atoms with Gasteiger partial charge >= 0.3 is 0 Å². The minimum atomic E-state index is -0.0533. The highest BCUT2D eigenvalue weighted by Gasteiger charge is 2.20. The summed E-state index contributed by atoms with van der Waals surface area (Å²) in [5, 5.41) is 7.36. The molecule has 1 aromatic carbocycles. The van der Waals surface area contributed by atoms with Gasteiger partial charge in [0.25, 0.3) is 5.19 Å². The largest absolute Gasteiger partial charge is 0.431 e. The zero-order valence-corrected chi connectivity index (χ0v) is 16.4. The maximum atomic E-state index is 11.0. The SMILES string of the molecule is CC(=O)N[C@@H](C)/C=C/c1cnc(Oc2ccc(NCC3CC3)c(Cl)c2)s1. The Balaban J connectivity index is 1.57. The van der Waals surface area contributed by atoms with Crippen molar-refractivity contribution in [3.05, 3.63) is 40.4 Å². The van der Waals surface area contributed by atoms with Crippen molar-refractivity contribution >= 4 is 40.6 Å². The number of halogens is 1.